The van der Waals surface area contributed by atoms with Crippen LogP contribution in [-0.4, -0.2) is 24.1 Å². The van der Waals surface area contributed by atoms with Gasteiger partial charge in [0.15, 0.2) is 11.5 Å². The predicted octanol–water partition coefficient (Wildman–Crippen LogP) is 3.70. The van der Waals surface area contributed by atoms with Crippen LogP contribution in [0.1, 0.15) is 24.9 Å². The maximum atomic E-state index is 5.48. The molecule has 1 aliphatic rings. The van der Waals surface area contributed by atoms with Crippen LogP contribution in [0.3, 0.4) is 0 Å². The summed E-state index contributed by atoms with van der Waals surface area (Å²) in [4.78, 5) is 4.33. The zero-order valence-corrected chi connectivity index (χ0v) is 13.5. The number of nitrogens with one attached hydrogen (secondary N) is 1. The van der Waals surface area contributed by atoms with Crippen molar-refractivity contribution in [3.05, 3.63) is 35.3 Å². The normalized spacial score (nSPS) is 14.3. The highest BCUT2D eigenvalue weighted by Gasteiger charge is 2.18. The summed E-state index contributed by atoms with van der Waals surface area (Å²) in [7, 11) is 0. The quantitative estimate of drug-likeness (QED) is 0.787. The molecule has 112 valence electrons. The molecular formula is C15H18N2O2S2. The summed E-state index contributed by atoms with van der Waals surface area (Å²) in [5, 5.41) is 5.61. The highest BCUT2D eigenvalue weighted by atomic mass is 32.2. The highest BCUT2D eigenvalue weighted by molar-refractivity contribution is 8.01. The van der Waals surface area contributed by atoms with Crippen LogP contribution in [0.25, 0.3) is 0 Å². The first-order valence-corrected chi connectivity index (χ1v) is 8.88. The number of hydrogen-bond acceptors (Lipinski definition) is 6. The Morgan fingerprint density at radius 2 is 2.29 bits per heavy atom. The molecule has 0 amide bonds. The lowest BCUT2D eigenvalue weighted by atomic mass is 10.1. The van der Waals surface area contributed by atoms with Crippen LogP contribution >= 0.6 is 23.1 Å². The van der Waals surface area contributed by atoms with E-state index in [1.54, 1.807) is 23.1 Å². The van der Waals surface area contributed by atoms with E-state index in [-0.39, 0.29) is 6.04 Å². The fraction of sp³-hybridized carbons (Fsp3) is 0.400. The van der Waals surface area contributed by atoms with Crippen molar-refractivity contribution in [3.8, 4) is 11.5 Å². The first-order chi connectivity index (χ1) is 10.4. The first kappa shape index (κ1) is 14.7. The number of rotatable bonds is 7. The summed E-state index contributed by atoms with van der Waals surface area (Å²) >= 11 is 3.47. The third kappa shape index (κ3) is 3.70. The van der Waals surface area contributed by atoms with Gasteiger partial charge < -0.3 is 14.8 Å². The minimum Gasteiger partial charge on any atom is -0.454 e. The average molecular weight is 322 g/mol. The van der Waals surface area contributed by atoms with E-state index in [1.165, 1.54) is 5.56 Å². The second kappa shape index (κ2) is 7.15. The van der Waals surface area contributed by atoms with E-state index < -0.39 is 0 Å². The summed E-state index contributed by atoms with van der Waals surface area (Å²) in [5.74, 6) is 2.63. The molecular weight excluding hydrogens is 304 g/mol. The SMILES string of the molecule is CCCNC(CSc1nccs1)c1ccc2c(c1)OCO2. The van der Waals surface area contributed by atoms with Gasteiger partial charge in [0.2, 0.25) is 6.79 Å². The number of hydrogen-bond donors (Lipinski definition) is 1. The molecule has 0 radical (unpaired) electrons. The van der Waals surface area contributed by atoms with E-state index in [4.69, 9.17) is 9.47 Å². The molecule has 1 aliphatic heterocycles. The van der Waals surface area contributed by atoms with E-state index in [2.05, 4.69) is 29.4 Å². The van der Waals surface area contributed by atoms with Gasteiger partial charge >= 0.3 is 0 Å². The van der Waals surface area contributed by atoms with E-state index in [0.717, 1.165) is 34.6 Å². The maximum absolute atomic E-state index is 5.48. The van der Waals surface area contributed by atoms with Crippen LogP contribution in [0.15, 0.2) is 34.1 Å². The molecule has 6 heteroatoms. The Labute approximate surface area is 132 Å². The van der Waals surface area contributed by atoms with Crippen LogP contribution in [0.2, 0.25) is 0 Å². The standard InChI is InChI=1S/C15H18N2O2S2/c1-2-5-16-12(9-21-15-17-6-7-20-15)11-3-4-13-14(8-11)19-10-18-13/h3-4,6-8,12,16H,2,5,9-10H2,1H3. The van der Waals surface area contributed by atoms with E-state index in [0.29, 0.717) is 6.79 Å². The lowest BCUT2D eigenvalue weighted by Gasteiger charge is -2.18. The smallest absolute Gasteiger partial charge is 0.231 e. The van der Waals surface area contributed by atoms with Crippen molar-refractivity contribution in [2.45, 2.75) is 23.7 Å². The summed E-state index contributed by atoms with van der Waals surface area (Å²) < 4.78 is 12.0. The van der Waals surface area contributed by atoms with Crippen molar-refractivity contribution in [1.82, 2.24) is 10.3 Å². The van der Waals surface area contributed by atoms with Crippen molar-refractivity contribution >= 4 is 23.1 Å². The molecule has 21 heavy (non-hydrogen) atoms. The fourth-order valence-corrected chi connectivity index (χ4v) is 3.92. The number of benzene rings is 1. The zero-order chi connectivity index (χ0) is 14.5. The largest absolute Gasteiger partial charge is 0.454 e. The molecule has 0 saturated heterocycles. The number of aromatic nitrogens is 1. The molecule has 1 N–H and O–H groups in total. The van der Waals surface area contributed by atoms with Crippen molar-refractivity contribution < 1.29 is 9.47 Å². The monoisotopic (exact) mass is 322 g/mol. The molecule has 0 aliphatic carbocycles. The Kier molecular flexibility index (Phi) is 5.00. The third-order valence-electron chi connectivity index (χ3n) is 3.22. The Hall–Kier alpha value is -1.24. The number of thioether (sulfide) groups is 1. The van der Waals surface area contributed by atoms with Crippen LogP contribution < -0.4 is 14.8 Å². The van der Waals surface area contributed by atoms with Gasteiger partial charge in [0, 0.05) is 23.4 Å². The van der Waals surface area contributed by atoms with E-state index >= 15 is 0 Å². The molecule has 1 aromatic carbocycles. The van der Waals surface area contributed by atoms with Crippen LogP contribution in [0.4, 0.5) is 0 Å². The molecule has 1 atom stereocenters. The van der Waals surface area contributed by atoms with Crippen LogP contribution in [0, 0.1) is 0 Å². The number of nitrogens with zero attached hydrogens (tertiary/aromatic N) is 1. The Balaban J connectivity index is 1.71. The van der Waals surface area contributed by atoms with Crippen LogP contribution in [-0.2, 0) is 0 Å². The summed E-state index contributed by atoms with van der Waals surface area (Å²) in [6.45, 7) is 3.49. The van der Waals surface area contributed by atoms with Gasteiger partial charge in [0.25, 0.3) is 0 Å². The lowest BCUT2D eigenvalue weighted by Crippen LogP contribution is -2.24. The molecule has 1 unspecified atom stereocenters. The fourth-order valence-electron chi connectivity index (χ4n) is 2.16. The second-order valence-corrected chi connectivity index (χ2v) is 6.89. The third-order valence-corrected chi connectivity index (χ3v) is 5.28. The number of fused-ring (bicyclic) bond motifs is 1. The lowest BCUT2D eigenvalue weighted by molar-refractivity contribution is 0.174. The van der Waals surface area contributed by atoms with Gasteiger partial charge in [0.1, 0.15) is 4.34 Å². The maximum Gasteiger partial charge on any atom is 0.231 e. The Morgan fingerprint density at radius 1 is 1.38 bits per heavy atom. The predicted molar refractivity (Wildman–Crippen MR) is 86.4 cm³/mol. The van der Waals surface area contributed by atoms with Gasteiger partial charge in [-0.15, -0.1) is 11.3 Å². The number of ether oxygens (including phenoxy) is 2. The molecule has 3 rings (SSSR count). The Morgan fingerprint density at radius 3 is 3.10 bits per heavy atom. The summed E-state index contributed by atoms with van der Waals surface area (Å²) in [5.41, 5.74) is 1.23. The number of thiazole rings is 1. The summed E-state index contributed by atoms with van der Waals surface area (Å²) in [6.07, 6.45) is 2.96. The molecule has 2 heterocycles. The van der Waals surface area contributed by atoms with Gasteiger partial charge in [-0.25, -0.2) is 4.98 Å². The minimum atomic E-state index is 0.286. The molecule has 0 fully saturated rings. The van der Waals surface area contributed by atoms with Crippen molar-refractivity contribution in [1.29, 1.82) is 0 Å². The summed E-state index contributed by atoms with van der Waals surface area (Å²) in [6, 6.07) is 6.47. The average Bonchev–Trinajstić information content (AvgIpc) is 3.17. The van der Waals surface area contributed by atoms with E-state index in [1.807, 2.05) is 17.6 Å². The van der Waals surface area contributed by atoms with Crippen molar-refractivity contribution in [2.24, 2.45) is 0 Å². The first-order valence-electron chi connectivity index (χ1n) is 7.02. The molecule has 1 aromatic heterocycles. The van der Waals surface area contributed by atoms with Crippen molar-refractivity contribution in [2.75, 3.05) is 19.1 Å². The molecule has 0 spiro atoms. The van der Waals surface area contributed by atoms with Gasteiger partial charge in [-0.2, -0.15) is 0 Å². The van der Waals surface area contributed by atoms with Gasteiger partial charge in [-0.05, 0) is 30.7 Å². The topological polar surface area (TPSA) is 43.4 Å². The molecule has 0 bridgehead atoms. The van der Waals surface area contributed by atoms with Gasteiger partial charge in [-0.3, -0.25) is 0 Å². The molecule has 4 nitrogen and oxygen atoms in total. The minimum absolute atomic E-state index is 0.286. The second-order valence-electron chi connectivity index (χ2n) is 4.73. The van der Waals surface area contributed by atoms with Gasteiger partial charge in [0.05, 0.1) is 0 Å². The Bertz CT molecular complexity index is 575. The zero-order valence-electron chi connectivity index (χ0n) is 11.9. The van der Waals surface area contributed by atoms with Crippen LogP contribution in [0.5, 0.6) is 11.5 Å². The van der Waals surface area contributed by atoms with Gasteiger partial charge in [-0.1, -0.05) is 24.8 Å². The van der Waals surface area contributed by atoms with E-state index in [9.17, 15) is 0 Å². The highest BCUT2D eigenvalue weighted by Crippen LogP contribution is 2.35. The molecule has 0 saturated carbocycles. The van der Waals surface area contributed by atoms with Crippen molar-refractivity contribution in [3.63, 3.8) is 0 Å². The molecule has 2 aromatic rings.